The number of nitrogens with zero attached hydrogens (tertiary/aromatic N) is 1. The van der Waals surface area contributed by atoms with Crippen molar-refractivity contribution < 1.29 is 18.0 Å². The Morgan fingerprint density at radius 1 is 1.47 bits per heavy atom. The van der Waals surface area contributed by atoms with Gasteiger partial charge in [-0.25, -0.2) is 0 Å². The molecule has 17 heavy (non-hydrogen) atoms. The summed E-state index contributed by atoms with van der Waals surface area (Å²) in [7, 11) is 0. The normalized spacial score (nSPS) is 21.5. The van der Waals surface area contributed by atoms with Gasteiger partial charge in [0.25, 0.3) is 0 Å². The van der Waals surface area contributed by atoms with Crippen LogP contribution in [0.15, 0.2) is 12.1 Å². The van der Waals surface area contributed by atoms with Crippen molar-refractivity contribution in [1.29, 1.82) is 0 Å². The second kappa shape index (κ2) is 4.38. The Morgan fingerprint density at radius 2 is 2.18 bits per heavy atom. The van der Waals surface area contributed by atoms with Gasteiger partial charge in [-0.1, -0.05) is 11.6 Å². The molecule has 1 aliphatic rings. The summed E-state index contributed by atoms with van der Waals surface area (Å²) in [6, 6.07) is 1.31. The van der Waals surface area contributed by atoms with Gasteiger partial charge in [0.05, 0.1) is 15.9 Å². The second-order valence-corrected chi connectivity index (χ2v) is 5.26. The topological polar surface area (TPSA) is 32.3 Å². The van der Waals surface area contributed by atoms with Crippen LogP contribution in [0.3, 0.4) is 0 Å². The monoisotopic (exact) mass is 284 g/mol. The number of piperazine rings is 1. The Bertz CT molecular complexity index is 434. The number of nitrogens with one attached hydrogen (secondary N) is 1. The lowest BCUT2D eigenvalue weighted by Gasteiger charge is -2.36. The number of hydrogen-bond donors (Lipinski definition) is 1. The van der Waals surface area contributed by atoms with Gasteiger partial charge in [-0.2, -0.15) is 13.2 Å². The molecule has 2 heterocycles. The molecule has 1 aromatic rings. The van der Waals surface area contributed by atoms with E-state index in [1.807, 2.05) is 0 Å². The minimum atomic E-state index is -4.38. The van der Waals surface area contributed by atoms with Crippen LogP contribution in [0.2, 0.25) is 4.34 Å². The van der Waals surface area contributed by atoms with Crippen LogP contribution >= 0.6 is 22.9 Å². The molecule has 0 saturated carbocycles. The maximum atomic E-state index is 12.8. The number of thiophene rings is 1. The first-order valence-corrected chi connectivity index (χ1v) is 5.93. The number of rotatable bonds is 1. The summed E-state index contributed by atoms with van der Waals surface area (Å²) in [5, 5.41) is 2.57. The van der Waals surface area contributed by atoms with Crippen molar-refractivity contribution in [3.63, 3.8) is 0 Å². The number of alkyl halides is 3. The zero-order valence-corrected chi connectivity index (χ0v) is 9.99. The number of anilines is 1. The lowest BCUT2D eigenvalue weighted by molar-refractivity contribution is -0.152. The van der Waals surface area contributed by atoms with Crippen LogP contribution in [0.4, 0.5) is 18.2 Å². The van der Waals surface area contributed by atoms with E-state index in [0.29, 0.717) is 9.34 Å². The molecule has 1 saturated heterocycles. The molecular formula is C9H8ClF3N2OS. The predicted molar refractivity (Wildman–Crippen MR) is 59.5 cm³/mol. The first-order valence-electron chi connectivity index (χ1n) is 4.73. The third-order valence-corrected chi connectivity index (χ3v) is 3.67. The Hall–Kier alpha value is -0.950. The Kier molecular flexibility index (Phi) is 3.22. The van der Waals surface area contributed by atoms with E-state index in [-0.39, 0.29) is 6.54 Å². The lowest BCUT2D eigenvalue weighted by Crippen LogP contribution is -2.60. The van der Waals surface area contributed by atoms with Crippen LogP contribution in [0.5, 0.6) is 0 Å². The van der Waals surface area contributed by atoms with E-state index in [1.165, 1.54) is 12.1 Å². The van der Waals surface area contributed by atoms with E-state index < -0.39 is 24.7 Å². The quantitative estimate of drug-likeness (QED) is 0.858. The van der Waals surface area contributed by atoms with Gasteiger partial charge < -0.3 is 10.2 Å². The predicted octanol–water partition coefficient (Wildman–Crippen LogP) is 2.27. The third-order valence-electron chi connectivity index (χ3n) is 2.40. The molecule has 3 nitrogen and oxygen atoms in total. The van der Waals surface area contributed by atoms with E-state index in [9.17, 15) is 18.0 Å². The standard InChI is InChI=1S/C9H8ClF3N2OS/c10-6-1-2-8(17-6)15-4-7(16)14-3-5(15)9(11,12)13/h1-2,5H,3-4H2,(H,14,16). The van der Waals surface area contributed by atoms with Crippen molar-refractivity contribution >= 4 is 33.8 Å². The largest absolute Gasteiger partial charge is 0.410 e. The summed E-state index contributed by atoms with van der Waals surface area (Å²) in [6.45, 7) is -0.737. The average Bonchev–Trinajstić information content (AvgIpc) is 2.62. The Morgan fingerprint density at radius 3 is 2.71 bits per heavy atom. The van der Waals surface area contributed by atoms with Crippen molar-refractivity contribution in [3.05, 3.63) is 16.5 Å². The van der Waals surface area contributed by atoms with Crippen LogP contribution in [0.1, 0.15) is 0 Å². The number of carbonyl (C=O) groups excluding carboxylic acids is 1. The van der Waals surface area contributed by atoms with Crippen molar-refractivity contribution in [3.8, 4) is 0 Å². The molecule has 1 aliphatic heterocycles. The lowest BCUT2D eigenvalue weighted by atomic mass is 10.2. The molecule has 0 radical (unpaired) electrons. The van der Waals surface area contributed by atoms with Crippen LogP contribution in [0.25, 0.3) is 0 Å². The molecule has 1 unspecified atom stereocenters. The fourth-order valence-electron chi connectivity index (χ4n) is 1.62. The summed E-state index contributed by atoms with van der Waals surface area (Å²) < 4.78 is 38.8. The fourth-order valence-corrected chi connectivity index (χ4v) is 2.71. The van der Waals surface area contributed by atoms with Gasteiger partial charge >= 0.3 is 6.18 Å². The maximum absolute atomic E-state index is 12.8. The van der Waals surface area contributed by atoms with Crippen molar-refractivity contribution in [2.45, 2.75) is 12.2 Å². The van der Waals surface area contributed by atoms with Gasteiger partial charge in [0.2, 0.25) is 5.91 Å². The molecule has 8 heteroatoms. The highest BCUT2D eigenvalue weighted by atomic mass is 35.5. The van der Waals surface area contributed by atoms with E-state index in [4.69, 9.17) is 11.6 Å². The van der Waals surface area contributed by atoms with Crippen LogP contribution in [-0.4, -0.2) is 31.2 Å². The number of amides is 1. The highest BCUT2D eigenvalue weighted by molar-refractivity contribution is 7.19. The summed E-state index contributed by atoms with van der Waals surface area (Å²) >= 11 is 6.72. The van der Waals surface area contributed by atoms with E-state index >= 15 is 0 Å². The molecule has 1 atom stereocenters. The smallest absolute Gasteiger partial charge is 0.352 e. The number of carbonyl (C=O) groups is 1. The molecule has 0 aliphatic carbocycles. The van der Waals surface area contributed by atoms with Crippen LogP contribution < -0.4 is 10.2 Å². The maximum Gasteiger partial charge on any atom is 0.410 e. The van der Waals surface area contributed by atoms with Crippen molar-refractivity contribution in [2.75, 3.05) is 18.0 Å². The first kappa shape index (κ1) is 12.5. The fraction of sp³-hybridized carbons (Fsp3) is 0.444. The molecule has 0 aromatic carbocycles. The van der Waals surface area contributed by atoms with Gasteiger partial charge in [0.15, 0.2) is 0 Å². The van der Waals surface area contributed by atoms with Crippen molar-refractivity contribution in [2.24, 2.45) is 0 Å². The zero-order chi connectivity index (χ0) is 12.6. The minimum Gasteiger partial charge on any atom is -0.352 e. The zero-order valence-electron chi connectivity index (χ0n) is 8.42. The van der Waals surface area contributed by atoms with Gasteiger partial charge in [-0.3, -0.25) is 4.79 Å². The Labute approximate surface area is 104 Å². The van der Waals surface area contributed by atoms with Crippen LogP contribution in [0, 0.1) is 0 Å². The van der Waals surface area contributed by atoms with E-state index in [2.05, 4.69) is 5.32 Å². The molecule has 1 N–H and O–H groups in total. The molecule has 0 bridgehead atoms. The SMILES string of the molecule is O=C1CN(c2ccc(Cl)s2)C(C(F)(F)F)CN1. The third kappa shape index (κ3) is 2.66. The highest BCUT2D eigenvalue weighted by Gasteiger charge is 2.46. The second-order valence-electron chi connectivity index (χ2n) is 3.57. The van der Waals surface area contributed by atoms with Gasteiger partial charge in [0.1, 0.15) is 6.04 Å². The number of halogens is 4. The molecule has 1 fully saturated rings. The van der Waals surface area contributed by atoms with E-state index in [1.54, 1.807) is 0 Å². The molecule has 0 spiro atoms. The molecule has 94 valence electrons. The molecule has 2 rings (SSSR count). The number of hydrogen-bond acceptors (Lipinski definition) is 3. The average molecular weight is 285 g/mol. The molecule has 1 amide bonds. The van der Waals surface area contributed by atoms with Crippen molar-refractivity contribution in [1.82, 2.24) is 5.32 Å². The van der Waals surface area contributed by atoms with Crippen LogP contribution in [-0.2, 0) is 4.79 Å². The molecule has 1 aromatic heterocycles. The Balaban J connectivity index is 2.29. The minimum absolute atomic E-state index is 0.305. The van der Waals surface area contributed by atoms with Gasteiger partial charge in [0, 0.05) is 6.54 Å². The molecular weight excluding hydrogens is 277 g/mol. The van der Waals surface area contributed by atoms with Gasteiger partial charge in [-0.05, 0) is 12.1 Å². The van der Waals surface area contributed by atoms with E-state index in [0.717, 1.165) is 16.2 Å². The first-order chi connectivity index (χ1) is 7.88. The summed E-state index contributed by atoms with van der Waals surface area (Å²) in [5.41, 5.74) is 0. The highest BCUT2D eigenvalue weighted by Crippen LogP contribution is 2.35. The van der Waals surface area contributed by atoms with Gasteiger partial charge in [-0.15, -0.1) is 11.3 Å². The summed E-state index contributed by atoms with van der Waals surface area (Å²) in [5.74, 6) is -0.421. The summed E-state index contributed by atoms with van der Waals surface area (Å²) in [6.07, 6.45) is -4.38. The summed E-state index contributed by atoms with van der Waals surface area (Å²) in [4.78, 5) is 12.2.